The molecule has 0 bridgehead atoms. The highest BCUT2D eigenvalue weighted by Crippen LogP contribution is 2.17. The van der Waals surface area contributed by atoms with Crippen LogP contribution in [-0.4, -0.2) is 35.6 Å². The van der Waals surface area contributed by atoms with Crippen LogP contribution in [0, 0.1) is 0 Å². The fourth-order valence-electron chi connectivity index (χ4n) is 1.05. The molecule has 64 valence electrons. The number of nitrogens with two attached hydrogens (primary N) is 1. The van der Waals surface area contributed by atoms with Crippen molar-refractivity contribution in [1.29, 1.82) is 0 Å². The molecular weight excluding hydrogens is 147 g/mol. The van der Waals surface area contributed by atoms with E-state index in [1.807, 2.05) is 0 Å². The van der Waals surface area contributed by atoms with Gasteiger partial charge in [0.2, 0.25) is 0 Å². The van der Waals surface area contributed by atoms with E-state index in [1.165, 1.54) is 18.7 Å². The van der Waals surface area contributed by atoms with Crippen molar-refractivity contribution in [1.82, 2.24) is 4.90 Å². The highest BCUT2D eigenvalue weighted by molar-refractivity contribution is 5.85. The smallest absolute Gasteiger partial charge is 0.259 e. The number of carbonyl (C=O) groups is 1. The van der Waals surface area contributed by atoms with E-state index in [0.717, 1.165) is 0 Å². The number of amides is 1. The van der Waals surface area contributed by atoms with E-state index in [-0.39, 0.29) is 6.04 Å². The molecule has 0 radical (unpaired) electrons. The van der Waals surface area contributed by atoms with Gasteiger partial charge in [0, 0.05) is 19.1 Å². The average Bonchev–Trinajstić information content (AvgIpc) is 1.77. The summed E-state index contributed by atoms with van der Waals surface area (Å²) < 4.78 is 12.9. The molecule has 3 nitrogen and oxygen atoms in total. The minimum atomic E-state index is -1.75. The Morgan fingerprint density at radius 3 is 2.36 bits per heavy atom. The van der Waals surface area contributed by atoms with E-state index in [2.05, 4.69) is 0 Å². The van der Waals surface area contributed by atoms with Gasteiger partial charge in [0.05, 0.1) is 0 Å². The first-order valence-corrected chi connectivity index (χ1v) is 3.65. The summed E-state index contributed by atoms with van der Waals surface area (Å²) in [5.74, 6) is -0.459. The van der Waals surface area contributed by atoms with E-state index < -0.39 is 11.6 Å². The highest BCUT2D eigenvalue weighted by Gasteiger charge is 2.37. The van der Waals surface area contributed by atoms with Crippen molar-refractivity contribution < 1.29 is 9.18 Å². The molecule has 0 unspecified atom stereocenters. The number of hydrogen-bond acceptors (Lipinski definition) is 2. The van der Waals surface area contributed by atoms with Gasteiger partial charge in [0.1, 0.15) is 0 Å². The first kappa shape index (κ1) is 8.46. The Labute approximate surface area is 65.3 Å². The summed E-state index contributed by atoms with van der Waals surface area (Å²) in [5, 5.41) is 0. The average molecular weight is 160 g/mol. The summed E-state index contributed by atoms with van der Waals surface area (Å²) in [6, 6.07) is 0.0429. The van der Waals surface area contributed by atoms with Gasteiger partial charge in [-0.3, -0.25) is 4.79 Å². The van der Waals surface area contributed by atoms with Gasteiger partial charge in [-0.25, -0.2) is 4.39 Å². The molecule has 0 atom stereocenters. The number of carbonyl (C=O) groups excluding carboxylic acids is 1. The molecule has 11 heavy (non-hydrogen) atoms. The summed E-state index contributed by atoms with van der Waals surface area (Å²) in [6.45, 7) is 3.51. The zero-order valence-electron chi connectivity index (χ0n) is 6.80. The first-order valence-electron chi connectivity index (χ1n) is 3.65. The third-order valence-electron chi connectivity index (χ3n) is 1.71. The van der Waals surface area contributed by atoms with Crippen LogP contribution in [0.2, 0.25) is 0 Å². The minimum Gasteiger partial charge on any atom is -0.337 e. The molecule has 4 heteroatoms. The largest absolute Gasteiger partial charge is 0.337 e. The van der Waals surface area contributed by atoms with Crippen molar-refractivity contribution in [3.63, 3.8) is 0 Å². The molecule has 0 aliphatic carbocycles. The molecule has 0 aromatic rings. The van der Waals surface area contributed by atoms with Crippen molar-refractivity contribution in [3.8, 4) is 0 Å². The van der Waals surface area contributed by atoms with E-state index in [0.29, 0.717) is 13.1 Å². The Morgan fingerprint density at radius 1 is 1.64 bits per heavy atom. The van der Waals surface area contributed by atoms with Gasteiger partial charge in [-0.2, -0.15) is 0 Å². The molecule has 1 rings (SSSR count). The zero-order chi connectivity index (χ0) is 8.65. The highest BCUT2D eigenvalue weighted by atomic mass is 19.1. The van der Waals surface area contributed by atoms with Gasteiger partial charge in [-0.05, 0) is 13.8 Å². The van der Waals surface area contributed by atoms with Crippen LogP contribution in [0.4, 0.5) is 4.39 Å². The summed E-state index contributed by atoms with van der Waals surface area (Å²) in [6.07, 6.45) is 0. The van der Waals surface area contributed by atoms with Gasteiger partial charge in [-0.1, -0.05) is 0 Å². The Hall–Kier alpha value is -0.640. The lowest BCUT2D eigenvalue weighted by molar-refractivity contribution is -0.146. The number of alkyl halides is 1. The Morgan fingerprint density at radius 2 is 2.09 bits per heavy atom. The van der Waals surface area contributed by atoms with E-state index in [1.54, 1.807) is 0 Å². The second-order valence-electron chi connectivity index (χ2n) is 3.44. The topological polar surface area (TPSA) is 46.3 Å². The third-order valence-corrected chi connectivity index (χ3v) is 1.71. The van der Waals surface area contributed by atoms with Crippen molar-refractivity contribution in [2.24, 2.45) is 5.73 Å². The number of hydrogen-bond donors (Lipinski definition) is 1. The van der Waals surface area contributed by atoms with Crippen molar-refractivity contribution in [2.75, 3.05) is 13.1 Å². The van der Waals surface area contributed by atoms with Crippen molar-refractivity contribution in [2.45, 2.75) is 25.6 Å². The zero-order valence-corrected chi connectivity index (χ0v) is 6.80. The summed E-state index contributed by atoms with van der Waals surface area (Å²) in [7, 11) is 0. The van der Waals surface area contributed by atoms with Crippen LogP contribution in [0.15, 0.2) is 0 Å². The number of halogens is 1. The SMILES string of the molecule is CC(C)(F)C(=O)N1CC(N)C1. The van der Waals surface area contributed by atoms with Crippen molar-refractivity contribution >= 4 is 5.91 Å². The Kier molecular flexibility index (Phi) is 1.88. The maximum absolute atomic E-state index is 12.9. The maximum atomic E-state index is 12.9. The maximum Gasteiger partial charge on any atom is 0.259 e. The van der Waals surface area contributed by atoms with Gasteiger partial charge < -0.3 is 10.6 Å². The molecule has 0 aromatic carbocycles. The van der Waals surface area contributed by atoms with Gasteiger partial charge in [0.15, 0.2) is 5.67 Å². The molecule has 0 aromatic heterocycles. The van der Waals surface area contributed by atoms with Crippen LogP contribution in [0.5, 0.6) is 0 Å². The summed E-state index contributed by atoms with van der Waals surface area (Å²) >= 11 is 0. The van der Waals surface area contributed by atoms with Crippen LogP contribution in [0.3, 0.4) is 0 Å². The lowest BCUT2D eigenvalue weighted by Crippen LogP contribution is -2.61. The normalized spacial score (nSPS) is 19.8. The van der Waals surface area contributed by atoms with Gasteiger partial charge in [0.25, 0.3) is 5.91 Å². The van der Waals surface area contributed by atoms with Gasteiger partial charge >= 0.3 is 0 Å². The van der Waals surface area contributed by atoms with E-state index in [4.69, 9.17) is 5.73 Å². The quantitative estimate of drug-likeness (QED) is 0.582. The molecule has 1 aliphatic heterocycles. The van der Waals surface area contributed by atoms with E-state index >= 15 is 0 Å². The molecule has 1 saturated heterocycles. The lowest BCUT2D eigenvalue weighted by atomic mass is 10.0. The van der Waals surface area contributed by atoms with Crippen LogP contribution in [-0.2, 0) is 4.79 Å². The van der Waals surface area contributed by atoms with E-state index in [9.17, 15) is 9.18 Å². The van der Waals surface area contributed by atoms with Crippen LogP contribution >= 0.6 is 0 Å². The molecule has 1 heterocycles. The fourth-order valence-corrected chi connectivity index (χ4v) is 1.05. The lowest BCUT2D eigenvalue weighted by Gasteiger charge is -2.39. The molecule has 2 N–H and O–H groups in total. The monoisotopic (exact) mass is 160 g/mol. The van der Waals surface area contributed by atoms with Crippen LogP contribution < -0.4 is 5.73 Å². The summed E-state index contributed by atoms with van der Waals surface area (Å²) in [4.78, 5) is 12.5. The van der Waals surface area contributed by atoms with Crippen LogP contribution in [0.25, 0.3) is 0 Å². The van der Waals surface area contributed by atoms with Crippen LogP contribution in [0.1, 0.15) is 13.8 Å². The molecule has 1 fully saturated rings. The second-order valence-corrected chi connectivity index (χ2v) is 3.44. The number of rotatable bonds is 1. The molecular formula is C7H13FN2O. The molecule has 1 aliphatic rings. The predicted octanol–water partition coefficient (Wildman–Crippen LogP) is -0.0960. The molecule has 0 saturated carbocycles. The number of nitrogens with zero attached hydrogens (tertiary/aromatic N) is 1. The summed E-state index contributed by atoms with van der Waals surface area (Å²) in [5.41, 5.74) is 3.68. The Bertz CT molecular complexity index is 170. The molecule has 0 spiro atoms. The first-order chi connectivity index (χ1) is 4.91. The molecule has 1 amide bonds. The second kappa shape index (κ2) is 2.44. The van der Waals surface area contributed by atoms with Gasteiger partial charge in [-0.15, -0.1) is 0 Å². The predicted molar refractivity (Wildman–Crippen MR) is 39.7 cm³/mol. The number of likely N-dealkylation sites (tertiary alicyclic amines) is 1. The fraction of sp³-hybridized carbons (Fsp3) is 0.857. The Balaban J connectivity index is 2.45. The third kappa shape index (κ3) is 1.68. The van der Waals surface area contributed by atoms with Crippen molar-refractivity contribution in [3.05, 3.63) is 0 Å². The standard InChI is InChI=1S/C7H13FN2O/c1-7(2,8)6(11)10-3-5(9)4-10/h5H,3-4,9H2,1-2H3. The minimum absolute atomic E-state index is 0.0429.